The van der Waals surface area contributed by atoms with Gasteiger partial charge >= 0.3 is 0 Å². The Balaban J connectivity index is 1.99. The number of anilines is 1. The van der Waals surface area contributed by atoms with E-state index in [-0.39, 0.29) is 5.91 Å². The van der Waals surface area contributed by atoms with Crippen LogP contribution >= 0.6 is 31.9 Å². The van der Waals surface area contributed by atoms with E-state index in [1.165, 1.54) is 0 Å². The summed E-state index contributed by atoms with van der Waals surface area (Å²) < 4.78 is 1.52. The minimum atomic E-state index is -0.134. The van der Waals surface area contributed by atoms with Gasteiger partial charge in [0.15, 0.2) is 0 Å². The second-order valence-electron chi connectivity index (χ2n) is 4.42. The monoisotopic (exact) mass is 411 g/mol. The Hall–Kier alpha value is -1.67. The molecule has 3 heterocycles. The molecule has 0 aliphatic carbocycles. The summed E-state index contributed by atoms with van der Waals surface area (Å²) in [5.41, 5.74) is 5.91. The van der Waals surface area contributed by atoms with Gasteiger partial charge in [-0.3, -0.25) is 15.2 Å². The Labute approximate surface area is 137 Å². The second kappa shape index (κ2) is 5.98. The highest BCUT2D eigenvalue weighted by Gasteiger charge is 2.26. The number of nitrogens with zero attached hydrogens (tertiary/aromatic N) is 2. The Bertz CT molecular complexity index is 711. The molecular weight excluding hydrogens is 402 g/mol. The van der Waals surface area contributed by atoms with Gasteiger partial charge in [0, 0.05) is 30.9 Å². The molecule has 3 N–H and O–H groups in total. The van der Waals surface area contributed by atoms with E-state index in [2.05, 4.69) is 57.7 Å². The average molecular weight is 413 g/mol. The molecule has 21 heavy (non-hydrogen) atoms. The molecule has 108 valence electrons. The molecule has 1 aliphatic heterocycles. The predicted octanol–water partition coefficient (Wildman–Crippen LogP) is 2.88. The van der Waals surface area contributed by atoms with Crippen molar-refractivity contribution < 1.29 is 4.79 Å². The number of carbonyl (C=O) groups is 1. The zero-order valence-corrected chi connectivity index (χ0v) is 14.0. The number of fused-ring (bicyclic) bond motifs is 1. The number of rotatable bonds is 2. The molecule has 0 bridgehead atoms. The maximum atomic E-state index is 12.0. The van der Waals surface area contributed by atoms with Gasteiger partial charge in [-0.25, -0.2) is 0 Å². The van der Waals surface area contributed by atoms with Crippen LogP contribution in [0.3, 0.4) is 0 Å². The number of aromatic amines is 1. The first-order valence-electron chi connectivity index (χ1n) is 6.25. The number of pyridine rings is 1. The third-order valence-corrected chi connectivity index (χ3v) is 4.98. The quantitative estimate of drug-likeness (QED) is 0.663. The largest absolute Gasteiger partial charge is 0.350 e. The molecule has 0 radical (unpaired) electrons. The fraction of sp³-hybridized carbons (Fsp3) is 0.154. The van der Waals surface area contributed by atoms with Gasteiger partial charge in [0.1, 0.15) is 5.69 Å². The molecule has 2 aromatic heterocycles. The SMILES string of the molecule is O=C1NCC/C(=N/Nc2ccncc2)c2c1[nH]c(Br)c2Br. The summed E-state index contributed by atoms with van der Waals surface area (Å²) in [5, 5.41) is 7.28. The topological polar surface area (TPSA) is 82.2 Å². The molecule has 1 aliphatic rings. The van der Waals surface area contributed by atoms with Gasteiger partial charge in [0.2, 0.25) is 0 Å². The Kier molecular flexibility index (Phi) is 4.07. The van der Waals surface area contributed by atoms with E-state index in [4.69, 9.17) is 0 Å². The van der Waals surface area contributed by atoms with E-state index < -0.39 is 0 Å². The minimum absolute atomic E-state index is 0.134. The standard InChI is InChI=1S/C13H11Br2N5O/c14-10-9-8(20-19-7-1-4-16-5-2-7)3-6-17-13(21)11(9)18-12(10)15/h1-2,4-5,18H,3,6H2,(H,16,19)(H,17,21)/b20-8-. The molecule has 0 aromatic carbocycles. The summed E-state index contributed by atoms with van der Waals surface area (Å²) >= 11 is 6.87. The number of nitrogens with one attached hydrogen (secondary N) is 3. The Morgan fingerprint density at radius 2 is 2.05 bits per heavy atom. The number of halogens is 2. The van der Waals surface area contributed by atoms with Crippen molar-refractivity contribution in [2.45, 2.75) is 6.42 Å². The van der Waals surface area contributed by atoms with Crippen LogP contribution in [0.4, 0.5) is 5.69 Å². The maximum Gasteiger partial charge on any atom is 0.268 e. The van der Waals surface area contributed by atoms with Crippen molar-refractivity contribution in [2.24, 2.45) is 5.10 Å². The minimum Gasteiger partial charge on any atom is -0.350 e. The van der Waals surface area contributed by atoms with Gasteiger partial charge < -0.3 is 10.3 Å². The molecule has 0 saturated carbocycles. The summed E-state index contributed by atoms with van der Waals surface area (Å²) in [5.74, 6) is -0.134. The Morgan fingerprint density at radius 1 is 1.29 bits per heavy atom. The van der Waals surface area contributed by atoms with Gasteiger partial charge in [-0.05, 0) is 44.0 Å². The number of amides is 1. The number of hydrazone groups is 1. The molecular formula is C13H11Br2N5O. The lowest BCUT2D eigenvalue weighted by Crippen LogP contribution is -2.23. The summed E-state index contributed by atoms with van der Waals surface area (Å²) in [7, 11) is 0. The van der Waals surface area contributed by atoms with Gasteiger partial charge in [0.25, 0.3) is 5.91 Å². The number of hydrogen-bond acceptors (Lipinski definition) is 4. The molecule has 0 spiro atoms. The molecule has 1 amide bonds. The molecule has 0 saturated heterocycles. The molecule has 8 heteroatoms. The molecule has 0 atom stereocenters. The fourth-order valence-electron chi connectivity index (χ4n) is 2.07. The summed E-state index contributed by atoms with van der Waals surface area (Å²) in [6.45, 7) is 0.544. The lowest BCUT2D eigenvalue weighted by Gasteiger charge is -2.05. The van der Waals surface area contributed by atoms with E-state index in [1.807, 2.05) is 12.1 Å². The van der Waals surface area contributed by atoms with Crippen LogP contribution in [0.1, 0.15) is 22.5 Å². The van der Waals surface area contributed by atoms with Crippen molar-refractivity contribution >= 4 is 49.2 Å². The lowest BCUT2D eigenvalue weighted by molar-refractivity contribution is 0.0951. The third-order valence-electron chi connectivity index (χ3n) is 3.06. The Morgan fingerprint density at radius 3 is 2.81 bits per heavy atom. The van der Waals surface area contributed by atoms with Crippen LogP contribution in [-0.2, 0) is 0 Å². The smallest absolute Gasteiger partial charge is 0.268 e. The zero-order chi connectivity index (χ0) is 14.8. The number of hydrogen-bond donors (Lipinski definition) is 3. The van der Waals surface area contributed by atoms with Crippen LogP contribution in [0.5, 0.6) is 0 Å². The first kappa shape index (κ1) is 14.3. The van der Waals surface area contributed by atoms with Crippen molar-refractivity contribution in [2.75, 3.05) is 12.0 Å². The van der Waals surface area contributed by atoms with Crippen LogP contribution in [0.2, 0.25) is 0 Å². The number of aromatic nitrogens is 2. The summed E-state index contributed by atoms with van der Waals surface area (Å²) in [4.78, 5) is 19.0. The molecule has 2 aromatic rings. The van der Waals surface area contributed by atoms with Crippen molar-refractivity contribution in [1.82, 2.24) is 15.3 Å². The van der Waals surface area contributed by atoms with Crippen LogP contribution in [-0.4, -0.2) is 28.1 Å². The summed E-state index contributed by atoms with van der Waals surface area (Å²) in [6, 6.07) is 3.65. The van der Waals surface area contributed by atoms with E-state index in [9.17, 15) is 4.79 Å². The van der Waals surface area contributed by atoms with Gasteiger partial charge in [0.05, 0.1) is 20.5 Å². The van der Waals surface area contributed by atoms with E-state index in [0.717, 1.165) is 26.0 Å². The highest BCUT2D eigenvalue weighted by atomic mass is 79.9. The van der Waals surface area contributed by atoms with Gasteiger partial charge in [-0.1, -0.05) is 0 Å². The molecule has 3 rings (SSSR count). The second-order valence-corrected chi connectivity index (χ2v) is 6.00. The fourth-order valence-corrected chi connectivity index (χ4v) is 2.99. The van der Waals surface area contributed by atoms with Crippen molar-refractivity contribution in [3.63, 3.8) is 0 Å². The van der Waals surface area contributed by atoms with E-state index in [1.54, 1.807) is 12.4 Å². The first-order chi connectivity index (χ1) is 10.2. The predicted molar refractivity (Wildman–Crippen MR) is 87.5 cm³/mol. The van der Waals surface area contributed by atoms with Crippen LogP contribution in [0.25, 0.3) is 0 Å². The highest BCUT2D eigenvalue weighted by molar-refractivity contribution is 9.13. The van der Waals surface area contributed by atoms with Gasteiger partial charge in [-0.2, -0.15) is 5.10 Å². The molecule has 6 nitrogen and oxygen atoms in total. The highest BCUT2D eigenvalue weighted by Crippen LogP contribution is 2.31. The first-order valence-corrected chi connectivity index (χ1v) is 7.83. The van der Waals surface area contributed by atoms with Crippen LogP contribution in [0.15, 0.2) is 38.7 Å². The maximum absolute atomic E-state index is 12.0. The van der Waals surface area contributed by atoms with Crippen LogP contribution < -0.4 is 10.7 Å². The normalized spacial score (nSPS) is 16.3. The third kappa shape index (κ3) is 2.86. The molecule has 0 unspecified atom stereocenters. The zero-order valence-electron chi connectivity index (χ0n) is 10.8. The van der Waals surface area contributed by atoms with Crippen molar-refractivity contribution in [1.29, 1.82) is 0 Å². The molecule has 0 fully saturated rings. The van der Waals surface area contributed by atoms with Crippen molar-refractivity contribution in [3.05, 3.63) is 44.9 Å². The summed E-state index contributed by atoms with van der Waals surface area (Å²) in [6.07, 6.45) is 4.02. The van der Waals surface area contributed by atoms with E-state index >= 15 is 0 Å². The van der Waals surface area contributed by atoms with E-state index in [0.29, 0.717) is 18.7 Å². The van der Waals surface area contributed by atoms with Crippen molar-refractivity contribution in [3.8, 4) is 0 Å². The van der Waals surface area contributed by atoms with Gasteiger partial charge in [-0.15, -0.1) is 0 Å². The number of carbonyl (C=O) groups excluding carboxylic acids is 1. The van der Waals surface area contributed by atoms with Crippen LogP contribution in [0, 0.1) is 0 Å². The lowest BCUT2D eigenvalue weighted by atomic mass is 10.1. The average Bonchev–Trinajstić information content (AvgIpc) is 2.70. The number of H-pyrrole nitrogens is 1.